The lowest BCUT2D eigenvalue weighted by atomic mass is 10.3. The molecule has 0 bridgehead atoms. The number of hydrogen-bond acceptors (Lipinski definition) is 6. The highest BCUT2D eigenvalue weighted by Crippen LogP contribution is 2.21. The number of aromatic amines is 1. The van der Waals surface area contributed by atoms with Crippen LogP contribution in [0.5, 0.6) is 0 Å². The largest absolute Gasteiger partial charge is 0.330 e. The second kappa shape index (κ2) is 8.02. The summed E-state index contributed by atoms with van der Waals surface area (Å²) in [6.07, 6.45) is 4.09. The molecule has 0 spiro atoms. The van der Waals surface area contributed by atoms with Crippen LogP contribution in [0, 0.1) is 0 Å². The summed E-state index contributed by atoms with van der Waals surface area (Å²) in [6.45, 7) is 7.12. The topological polar surface area (TPSA) is 108 Å². The van der Waals surface area contributed by atoms with Gasteiger partial charge in [0.25, 0.3) is 11.1 Å². The summed E-state index contributed by atoms with van der Waals surface area (Å²) in [6, 6.07) is 1.89. The molecule has 4 aromatic rings. The molecule has 0 aliphatic carbocycles. The summed E-state index contributed by atoms with van der Waals surface area (Å²) < 4.78 is 4.77. The van der Waals surface area contributed by atoms with Gasteiger partial charge in [0.1, 0.15) is 10.7 Å². The molecule has 30 heavy (non-hydrogen) atoms. The van der Waals surface area contributed by atoms with Crippen molar-refractivity contribution in [1.29, 1.82) is 0 Å². The van der Waals surface area contributed by atoms with Gasteiger partial charge in [-0.15, -0.1) is 11.3 Å². The summed E-state index contributed by atoms with van der Waals surface area (Å²) in [5.74, 6) is 0.544. The van der Waals surface area contributed by atoms with Crippen molar-refractivity contribution in [3.63, 3.8) is 0 Å². The number of thiophene rings is 1. The molecule has 1 N–H and O–H groups in total. The standard InChI is InChI=1S/C20H24N6O3S/c1-4-7-8-26-16-15(17(27)23-20(26)29)25(6-3)14(22-16)10-24-11-21-18-13(19(24)28)9-12(5-2)30-18/h9,11H,4-8,10H2,1-3H3,(H,23,27,29). The summed E-state index contributed by atoms with van der Waals surface area (Å²) in [5.41, 5.74) is -0.342. The zero-order valence-electron chi connectivity index (χ0n) is 17.3. The average Bonchev–Trinajstić information content (AvgIpc) is 3.31. The molecule has 4 aromatic heterocycles. The third-order valence-electron chi connectivity index (χ3n) is 5.25. The molecule has 4 rings (SSSR count). The van der Waals surface area contributed by atoms with Crippen LogP contribution in [-0.4, -0.2) is 28.7 Å². The van der Waals surface area contributed by atoms with E-state index < -0.39 is 11.2 Å². The van der Waals surface area contributed by atoms with E-state index in [4.69, 9.17) is 0 Å². The molecular formula is C20H24N6O3S. The number of imidazole rings is 1. The van der Waals surface area contributed by atoms with Crippen molar-refractivity contribution in [1.82, 2.24) is 28.7 Å². The number of aryl methyl sites for hydroxylation is 3. The number of nitrogens with one attached hydrogen (secondary N) is 1. The highest BCUT2D eigenvalue weighted by molar-refractivity contribution is 7.18. The van der Waals surface area contributed by atoms with E-state index in [9.17, 15) is 14.4 Å². The van der Waals surface area contributed by atoms with Crippen LogP contribution in [-0.2, 0) is 26.1 Å². The van der Waals surface area contributed by atoms with Gasteiger partial charge in [-0.05, 0) is 25.8 Å². The lowest BCUT2D eigenvalue weighted by molar-refractivity contribution is 0.612. The van der Waals surface area contributed by atoms with E-state index in [0.717, 1.165) is 29.0 Å². The van der Waals surface area contributed by atoms with Gasteiger partial charge in [0.15, 0.2) is 11.2 Å². The Morgan fingerprint density at radius 1 is 1.13 bits per heavy atom. The average molecular weight is 429 g/mol. The first-order valence-electron chi connectivity index (χ1n) is 10.2. The number of hydrogen-bond donors (Lipinski definition) is 1. The molecule has 0 saturated carbocycles. The summed E-state index contributed by atoms with van der Waals surface area (Å²) in [5, 5.41) is 0.594. The Kier molecular flexibility index (Phi) is 5.42. The van der Waals surface area contributed by atoms with Crippen LogP contribution in [0.2, 0.25) is 0 Å². The molecule has 0 unspecified atom stereocenters. The fraction of sp³-hybridized carbons (Fsp3) is 0.450. The molecule has 10 heteroatoms. The first-order valence-corrected chi connectivity index (χ1v) is 11.0. The van der Waals surface area contributed by atoms with Crippen molar-refractivity contribution in [3.8, 4) is 0 Å². The minimum Gasteiger partial charge on any atom is -0.321 e. The zero-order chi connectivity index (χ0) is 21.4. The maximum Gasteiger partial charge on any atom is 0.330 e. The molecule has 0 atom stereocenters. The van der Waals surface area contributed by atoms with Crippen molar-refractivity contribution < 1.29 is 0 Å². The van der Waals surface area contributed by atoms with Crippen LogP contribution in [0.15, 0.2) is 26.8 Å². The van der Waals surface area contributed by atoms with E-state index >= 15 is 0 Å². The highest BCUT2D eigenvalue weighted by atomic mass is 32.1. The Balaban J connectivity index is 1.87. The fourth-order valence-electron chi connectivity index (χ4n) is 3.65. The van der Waals surface area contributed by atoms with Gasteiger partial charge in [0, 0.05) is 18.0 Å². The quantitative estimate of drug-likeness (QED) is 0.485. The number of fused-ring (bicyclic) bond motifs is 2. The normalized spacial score (nSPS) is 11.7. The Hall–Kier alpha value is -3.01. The van der Waals surface area contributed by atoms with Gasteiger partial charge in [-0.3, -0.25) is 23.7 Å². The van der Waals surface area contributed by atoms with Crippen LogP contribution in [0.3, 0.4) is 0 Å². The Bertz CT molecular complexity index is 1400. The van der Waals surface area contributed by atoms with Crippen LogP contribution in [0.4, 0.5) is 0 Å². The molecule has 0 aliphatic heterocycles. The first-order chi connectivity index (χ1) is 14.5. The Morgan fingerprint density at radius 2 is 1.93 bits per heavy atom. The molecule has 0 aliphatic rings. The van der Waals surface area contributed by atoms with Gasteiger partial charge < -0.3 is 4.57 Å². The van der Waals surface area contributed by atoms with Crippen LogP contribution in [0.25, 0.3) is 21.4 Å². The number of H-pyrrole nitrogens is 1. The molecule has 158 valence electrons. The van der Waals surface area contributed by atoms with Crippen LogP contribution < -0.4 is 16.8 Å². The summed E-state index contributed by atoms with van der Waals surface area (Å²) >= 11 is 1.52. The highest BCUT2D eigenvalue weighted by Gasteiger charge is 2.19. The summed E-state index contributed by atoms with van der Waals surface area (Å²) in [4.78, 5) is 51.1. The van der Waals surface area contributed by atoms with Crippen LogP contribution >= 0.6 is 11.3 Å². The number of nitrogens with zero attached hydrogens (tertiary/aromatic N) is 5. The maximum atomic E-state index is 13.0. The summed E-state index contributed by atoms with van der Waals surface area (Å²) in [7, 11) is 0. The van der Waals surface area contributed by atoms with Gasteiger partial charge in [-0.2, -0.15) is 0 Å². The SMILES string of the molecule is CCCCn1c(=O)[nH]c(=O)c2c1nc(Cn1cnc3sc(CC)cc3c1=O)n2CC. The maximum absolute atomic E-state index is 13.0. The predicted molar refractivity (Wildman–Crippen MR) is 118 cm³/mol. The van der Waals surface area contributed by atoms with Crippen molar-refractivity contribution in [2.75, 3.05) is 0 Å². The number of aromatic nitrogens is 6. The lowest BCUT2D eigenvalue weighted by Crippen LogP contribution is -2.31. The number of rotatable bonds is 7. The van der Waals surface area contributed by atoms with Gasteiger partial charge in [0.2, 0.25) is 0 Å². The van der Waals surface area contributed by atoms with E-state index in [-0.39, 0.29) is 12.1 Å². The van der Waals surface area contributed by atoms with E-state index in [1.54, 1.807) is 4.57 Å². The Morgan fingerprint density at radius 3 is 2.63 bits per heavy atom. The van der Waals surface area contributed by atoms with Crippen LogP contribution in [0.1, 0.15) is 44.3 Å². The third kappa shape index (κ3) is 3.30. The smallest absolute Gasteiger partial charge is 0.321 e. The minimum atomic E-state index is -0.463. The van der Waals surface area contributed by atoms with Crippen molar-refractivity contribution in [2.45, 2.75) is 59.7 Å². The second-order valence-electron chi connectivity index (χ2n) is 7.17. The molecule has 4 heterocycles. The van der Waals surface area contributed by atoms with E-state index in [1.165, 1.54) is 26.8 Å². The fourth-order valence-corrected chi connectivity index (χ4v) is 4.58. The molecule has 0 saturated heterocycles. The molecule has 0 amide bonds. The molecular weight excluding hydrogens is 404 g/mol. The lowest BCUT2D eigenvalue weighted by Gasteiger charge is -2.07. The third-order valence-corrected chi connectivity index (χ3v) is 6.43. The van der Waals surface area contributed by atoms with E-state index in [1.807, 2.05) is 26.8 Å². The molecule has 0 fully saturated rings. The second-order valence-corrected chi connectivity index (χ2v) is 8.29. The van der Waals surface area contributed by atoms with Gasteiger partial charge >= 0.3 is 5.69 Å². The minimum absolute atomic E-state index is 0.136. The van der Waals surface area contributed by atoms with E-state index in [2.05, 4.69) is 15.0 Å². The van der Waals surface area contributed by atoms with E-state index in [0.29, 0.717) is 35.5 Å². The Labute approximate surface area is 175 Å². The predicted octanol–water partition coefficient (Wildman–Crippen LogP) is 2.09. The molecule has 0 radical (unpaired) electrons. The van der Waals surface area contributed by atoms with Crippen molar-refractivity contribution in [3.05, 3.63) is 54.3 Å². The molecule has 0 aromatic carbocycles. The monoisotopic (exact) mass is 428 g/mol. The van der Waals surface area contributed by atoms with Crippen molar-refractivity contribution >= 4 is 32.7 Å². The van der Waals surface area contributed by atoms with Gasteiger partial charge in [-0.25, -0.2) is 14.8 Å². The van der Waals surface area contributed by atoms with Crippen molar-refractivity contribution in [2.24, 2.45) is 0 Å². The first kappa shape index (κ1) is 20.3. The van der Waals surface area contributed by atoms with Gasteiger partial charge in [0.05, 0.1) is 18.3 Å². The number of unbranched alkanes of at least 4 members (excludes halogenated alkanes) is 1. The zero-order valence-corrected chi connectivity index (χ0v) is 18.1. The van der Waals surface area contributed by atoms with Gasteiger partial charge in [-0.1, -0.05) is 20.3 Å². The molecule has 9 nitrogen and oxygen atoms in total.